The number of aromatic nitrogens is 4. The van der Waals surface area contributed by atoms with Crippen molar-refractivity contribution >= 4 is 33.3 Å². The van der Waals surface area contributed by atoms with Crippen LogP contribution < -0.4 is 10.6 Å². The van der Waals surface area contributed by atoms with Gasteiger partial charge in [-0.1, -0.05) is 6.92 Å². The number of nitrogens with two attached hydrogens (primary N) is 1. The number of likely N-dealkylation sites (tertiary alicyclic amines) is 1. The van der Waals surface area contributed by atoms with Crippen molar-refractivity contribution in [3.8, 4) is 11.4 Å². The fourth-order valence-electron chi connectivity index (χ4n) is 4.87. The van der Waals surface area contributed by atoms with E-state index in [-0.39, 0.29) is 5.95 Å². The number of piperidine rings is 1. The largest absolute Gasteiger partial charge is 0.378 e. The van der Waals surface area contributed by atoms with Crippen molar-refractivity contribution in [2.45, 2.75) is 26.3 Å². The summed E-state index contributed by atoms with van der Waals surface area (Å²) >= 11 is 1.81. The lowest BCUT2D eigenvalue weighted by atomic mass is 9.96. The summed E-state index contributed by atoms with van der Waals surface area (Å²) < 4.78 is 6.72. The molecule has 34 heavy (non-hydrogen) atoms. The van der Waals surface area contributed by atoms with Crippen molar-refractivity contribution in [3.63, 3.8) is 0 Å². The molecular weight excluding hydrogens is 448 g/mol. The van der Waals surface area contributed by atoms with Gasteiger partial charge in [-0.15, -0.1) is 11.3 Å². The Morgan fingerprint density at radius 3 is 2.56 bits per heavy atom. The van der Waals surface area contributed by atoms with Crippen LogP contribution in [-0.2, 0) is 11.3 Å². The predicted molar refractivity (Wildman–Crippen MR) is 137 cm³/mol. The van der Waals surface area contributed by atoms with Gasteiger partial charge in [0.25, 0.3) is 0 Å². The standard InChI is InChI=1S/C24H34N8OS/c1-3-31-6-4-17(5-7-31)15-30(2)16-19-12-20-21(34-19)23(32-8-10-33-11-9-32)29-22(28-20)18-13-26-24(25)27-14-18/h12-14,17H,3-11,15-16H2,1-2H3,(H2,25,26,27). The molecular formula is C24H34N8OS. The van der Waals surface area contributed by atoms with Gasteiger partial charge in [0, 0.05) is 43.4 Å². The van der Waals surface area contributed by atoms with Crippen molar-refractivity contribution in [2.75, 3.05) is 70.2 Å². The predicted octanol–water partition coefficient (Wildman–Crippen LogP) is 2.73. The summed E-state index contributed by atoms with van der Waals surface area (Å²) in [7, 11) is 2.24. The zero-order chi connectivity index (χ0) is 23.5. The van der Waals surface area contributed by atoms with Crippen molar-refractivity contribution in [1.82, 2.24) is 29.7 Å². The molecule has 2 N–H and O–H groups in total. The van der Waals surface area contributed by atoms with Gasteiger partial charge < -0.3 is 25.2 Å². The molecule has 2 aliphatic rings. The van der Waals surface area contributed by atoms with Crippen LogP contribution in [0.3, 0.4) is 0 Å². The Bertz CT molecular complexity index is 1090. The summed E-state index contributed by atoms with van der Waals surface area (Å²) in [4.78, 5) is 26.8. The first kappa shape index (κ1) is 23.3. The van der Waals surface area contributed by atoms with Gasteiger partial charge in [-0.2, -0.15) is 0 Å². The molecule has 3 aromatic heterocycles. The van der Waals surface area contributed by atoms with Gasteiger partial charge in [-0.05, 0) is 51.5 Å². The quantitative estimate of drug-likeness (QED) is 0.545. The summed E-state index contributed by atoms with van der Waals surface area (Å²) in [6.07, 6.45) is 5.98. The van der Waals surface area contributed by atoms with E-state index in [1.165, 1.54) is 37.4 Å². The second kappa shape index (κ2) is 10.5. The van der Waals surface area contributed by atoms with Crippen LogP contribution in [0.15, 0.2) is 18.5 Å². The van der Waals surface area contributed by atoms with Crippen molar-refractivity contribution < 1.29 is 4.74 Å². The third-order valence-electron chi connectivity index (χ3n) is 6.80. The van der Waals surface area contributed by atoms with Gasteiger partial charge in [0.2, 0.25) is 5.95 Å². The van der Waals surface area contributed by atoms with Crippen LogP contribution in [-0.4, -0.2) is 89.3 Å². The number of rotatable bonds is 7. The Kier molecular flexibility index (Phi) is 7.19. The van der Waals surface area contributed by atoms with Crippen LogP contribution in [0.1, 0.15) is 24.6 Å². The molecule has 0 atom stereocenters. The minimum atomic E-state index is 0.249. The fraction of sp³-hybridized carbons (Fsp3) is 0.583. The number of fused-ring (bicyclic) bond motifs is 1. The Morgan fingerprint density at radius 1 is 1.12 bits per heavy atom. The van der Waals surface area contributed by atoms with E-state index in [0.717, 1.165) is 53.7 Å². The highest BCUT2D eigenvalue weighted by atomic mass is 32.1. The molecule has 3 aromatic rings. The lowest BCUT2D eigenvalue weighted by Gasteiger charge is -2.33. The second-order valence-corrected chi connectivity index (χ2v) is 10.4. The number of anilines is 2. The molecule has 182 valence electrons. The maximum Gasteiger partial charge on any atom is 0.219 e. The molecule has 2 aliphatic heterocycles. The van der Waals surface area contributed by atoms with E-state index in [2.05, 4.69) is 44.7 Å². The molecule has 0 aliphatic carbocycles. The summed E-state index contributed by atoms with van der Waals surface area (Å²) in [5.41, 5.74) is 7.43. The molecule has 0 spiro atoms. The van der Waals surface area contributed by atoms with Crippen LogP contribution >= 0.6 is 11.3 Å². The summed E-state index contributed by atoms with van der Waals surface area (Å²) in [6, 6.07) is 2.23. The van der Waals surface area contributed by atoms with E-state index >= 15 is 0 Å². The first-order valence-electron chi connectivity index (χ1n) is 12.2. The zero-order valence-electron chi connectivity index (χ0n) is 20.1. The first-order valence-corrected chi connectivity index (χ1v) is 13.0. The average molecular weight is 483 g/mol. The van der Waals surface area contributed by atoms with E-state index < -0.39 is 0 Å². The van der Waals surface area contributed by atoms with Crippen LogP contribution in [0.5, 0.6) is 0 Å². The maximum absolute atomic E-state index is 5.68. The molecule has 9 nitrogen and oxygen atoms in total. The molecule has 5 rings (SSSR count). The SMILES string of the molecule is CCN1CCC(CN(C)Cc2cc3nc(-c4cnc(N)nc4)nc(N4CCOCC4)c3s2)CC1. The molecule has 0 saturated carbocycles. The summed E-state index contributed by atoms with van der Waals surface area (Å²) in [5, 5.41) is 0. The number of morpholine rings is 1. The Balaban J connectivity index is 1.38. The highest BCUT2D eigenvalue weighted by Gasteiger charge is 2.22. The van der Waals surface area contributed by atoms with Crippen LogP contribution in [0.25, 0.3) is 21.6 Å². The zero-order valence-corrected chi connectivity index (χ0v) is 20.9. The van der Waals surface area contributed by atoms with Gasteiger partial charge in [-0.3, -0.25) is 0 Å². The molecule has 5 heterocycles. The number of thiophene rings is 1. The minimum absolute atomic E-state index is 0.249. The third kappa shape index (κ3) is 5.30. The van der Waals surface area contributed by atoms with Crippen molar-refractivity contribution in [2.24, 2.45) is 5.92 Å². The van der Waals surface area contributed by atoms with E-state index in [9.17, 15) is 0 Å². The third-order valence-corrected chi connectivity index (χ3v) is 7.90. The van der Waals surface area contributed by atoms with E-state index in [4.69, 9.17) is 20.4 Å². The van der Waals surface area contributed by atoms with Gasteiger partial charge in [0.1, 0.15) is 0 Å². The molecule has 0 amide bonds. The second-order valence-electron chi connectivity index (χ2n) is 9.30. The Labute approximate surface area is 205 Å². The lowest BCUT2D eigenvalue weighted by Crippen LogP contribution is -2.37. The smallest absolute Gasteiger partial charge is 0.219 e. The molecule has 0 bridgehead atoms. The van der Waals surface area contributed by atoms with Gasteiger partial charge >= 0.3 is 0 Å². The molecule has 0 aromatic carbocycles. The number of ether oxygens (including phenoxy) is 1. The number of hydrogen-bond donors (Lipinski definition) is 1. The fourth-order valence-corrected chi connectivity index (χ4v) is 6.06. The normalized spacial score (nSPS) is 18.3. The molecule has 0 radical (unpaired) electrons. The first-order chi connectivity index (χ1) is 16.6. The Hall–Kier alpha value is -2.40. The topological polar surface area (TPSA) is 96.5 Å². The highest BCUT2D eigenvalue weighted by Crippen LogP contribution is 2.35. The number of hydrogen-bond acceptors (Lipinski definition) is 10. The monoisotopic (exact) mass is 482 g/mol. The van der Waals surface area contributed by atoms with E-state index in [1.54, 1.807) is 12.4 Å². The van der Waals surface area contributed by atoms with Gasteiger partial charge in [-0.25, -0.2) is 19.9 Å². The summed E-state index contributed by atoms with van der Waals surface area (Å²) in [5.74, 6) is 2.64. The lowest BCUT2D eigenvalue weighted by molar-refractivity contribution is 0.122. The summed E-state index contributed by atoms with van der Waals surface area (Å²) in [6.45, 7) is 11.0. The van der Waals surface area contributed by atoms with Crippen LogP contribution in [0.4, 0.5) is 11.8 Å². The van der Waals surface area contributed by atoms with Gasteiger partial charge in [0.15, 0.2) is 11.6 Å². The number of nitrogens with zero attached hydrogens (tertiary/aromatic N) is 7. The van der Waals surface area contributed by atoms with Crippen LogP contribution in [0, 0.1) is 5.92 Å². The minimum Gasteiger partial charge on any atom is -0.378 e. The average Bonchev–Trinajstić information content (AvgIpc) is 3.27. The molecule has 2 saturated heterocycles. The van der Waals surface area contributed by atoms with Crippen LogP contribution in [0.2, 0.25) is 0 Å². The van der Waals surface area contributed by atoms with E-state index in [1.807, 2.05) is 11.3 Å². The van der Waals surface area contributed by atoms with Crippen molar-refractivity contribution in [1.29, 1.82) is 0 Å². The molecule has 10 heteroatoms. The maximum atomic E-state index is 5.68. The van der Waals surface area contributed by atoms with Crippen molar-refractivity contribution in [3.05, 3.63) is 23.3 Å². The highest BCUT2D eigenvalue weighted by molar-refractivity contribution is 7.19. The van der Waals surface area contributed by atoms with Gasteiger partial charge in [0.05, 0.1) is 29.0 Å². The molecule has 2 fully saturated rings. The van der Waals surface area contributed by atoms with E-state index in [0.29, 0.717) is 19.0 Å². The Morgan fingerprint density at radius 2 is 1.85 bits per heavy atom. The number of nitrogen functional groups attached to an aromatic ring is 1. The molecule has 0 unspecified atom stereocenters.